The Bertz CT molecular complexity index is 329. The lowest BCUT2D eigenvalue weighted by atomic mass is 10.3. The summed E-state index contributed by atoms with van der Waals surface area (Å²) in [7, 11) is 3.88. The van der Waals surface area contributed by atoms with Crippen molar-refractivity contribution in [3.05, 3.63) is 24.0 Å². The van der Waals surface area contributed by atoms with Crippen LogP contribution < -0.4 is 0 Å². The minimum Gasteiger partial charge on any atom is -0.383 e. The first-order chi connectivity index (χ1) is 8.29. The second-order valence-corrected chi connectivity index (χ2v) is 4.72. The summed E-state index contributed by atoms with van der Waals surface area (Å²) in [4.78, 5) is 5.00. The highest BCUT2D eigenvalue weighted by Crippen LogP contribution is 2.08. The van der Waals surface area contributed by atoms with Gasteiger partial charge in [0.2, 0.25) is 0 Å². The van der Waals surface area contributed by atoms with Gasteiger partial charge in [0.05, 0.1) is 6.61 Å². The Morgan fingerprint density at radius 1 is 1.18 bits per heavy atom. The van der Waals surface area contributed by atoms with Gasteiger partial charge in [-0.25, -0.2) is 0 Å². The van der Waals surface area contributed by atoms with Crippen LogP contribution in [0, 0.1) is 0 Å². The van der Waals surface area contributed by atoms with E-state index in [0.29, 0.717) is 0 Å². The van der Waals surface area contributed by atoms with Crippen molar-refractivity contribution in [2.45, 2.75) is 6.54 Å². The molecule has 0 spiro atoms. The van der Waals surface area contributed by atoms with Crippen molar-refractivity contribution in [1.29, 1.82) is 0 Å². The second kappa shape index (κ2) is 6.19. The van der Waals surface area contributed by atoms with Crippen LogP contribution >= 0.6 is 0 Å². The maximum absolute atomic E-state index is 5.11. The van der Waals surface area contributed by atoms with Crippen molar-refractivity contribution in [3.63, 3.8) is 0 Å². The van der Waals surface area contributed by atoms with Gasteiger partial charge in [-0.2, -0.15) is 0 Å². The Labute approximate surface area is 104 Å². The van der Waals surface area contributed by atoms with Crippen LogP contribution in [0.15, 0.2) is 18.3 Å². The van der Waals surface area contributed by atoms with E-state index < -0.39 is 0 Å². The molecule has 0 aromatic carbocycles. The van der Waals surface area contributed by atoms with E-state index in [1.54, 1.807) is 7.11 Å². The average molecular weight is 237 g/mol. The van der Waals surface area contributed by atoms with Crippen molar-refractivity contribution in [3.8, 4) is 0 Å². The molecule has 17 heavy (non-hydrogen) atoms. The molecule has 2 heterocycles. The highest BCUT2D eigenvalue weighted by molar-refractivity contribution is 5.06. The van der Waals surface area contributed by atoms with Gasteiger partial charge in [0.1, 0.15) is 0 Å². The Kier molecular flexibility index (Phi) is 4.59. The SMILES string of the molecule is COCCN1CCN(Cc2cccn2C)CC1. The van der Waals surface area contributed by atoms with Crippen LogP contribution in [0.2, 0.25) is 0 Å². The number of nitrogens with zero attached hydrogens (tertiary/aromatic N) is 3. The summed E-state index contributed by atoms with van der Waals surface area (Å²) < 4.78 is 7.32. The van der Waals surface area contributed by atoms with Crippen molar-refractivity contribution < 1.29 is 4.74 Å². The standard InChI is InChI=1S/C13H23N3O/c1-14-5-3-4-13(14)12-16-8-6-15(7-9-16)10-11-17-2/h3-5H,6-12H2,1-2H3. The molecule has 0 atom stereocenters. The highest BCUT2D eigenvalue weighted by Gasteiger charge is 2.16. The lowest BCUT2D eigenvalue weighted by Crippen LogP contribution is -2.46. The monoisotopic (exact) mass is 237 g/mol. The zero-order valence-corrected chi connectivity index (χ0v) is 10.9. The van der Waals surface area contributed by atoms with Gasteiger partial charge in [-0.1, -0.05) is 0 Å². The van der Waals surface area contributed by atoms with Gasteiger partial charge in [-0.15, -0.1) is 0 Å². The molecule has 1 aromatic heterocycles. The number of hydrogen-bond acceptors (Lipinski definition) is 3. The Morgan fingerprint density at radius 2 is 1.88 bits per heavy atom. The number of hydrogen-bond donors (Lipinski definition) is 0. The average Bonchev–Trinajstić information content (AvgIpc) is 2.74. The first-order valence-electron chi connectivity index (χ1n) is 6.33. The zero-order chi connectivity index (χ0) is 12.1. The van der Waals surface area contributed by atoms with E-state index in [0.717, 1.165) is 45.9 Å². The van der Waals surface area contributed by atoms with Crippen molar-refractivity contribution in [1.82, 2.24) is 14.4 Å². The third-order valence-electron chi connectivity index (χ3n) is 3.51. The Hall–Kier alpha value is -0.840. The van der Waals surface area contributed by atoms with Crippen molar-refractivity contribution >= 4 is 0 Å². The van der Waals surface area contributed by atoms with E-state index in [4.69, 9.17) is 4.74 Å². The number of methoxy groups -OCH3 is 1. The first kappa shape index (κ1) is 12.6. The summed E-state index contributed by atoms with van der Waals surface area (Å²) in [5.74, 6) is 0. The maximum atomic E-state index is 5.11. The van der Waals surface area contributed by atoms with Crippen molar-refractivity contribution in [2.75, 3.05) is 46.4 Å². The molecule has 0 amide bonds. The fraction of sp³-hybridized carbons (Fsp3) is 0.692. The first-order valence-corrected chi connectivity index (χ1v) is 6.33. The molecule has 1 aliphatic rings. The van der Waals surface area contributed by atoms with Crippen LogP contribution in [0.1, 0.15) is 5.69 Å². The fourth-order valence-electron chi connectivity index (χ4n) is 2.28. The van der Waals surface area contributed by atoms with E-state index in [9.17, 15) is 0 Å². The summed E-state index contributed by atoms with van der Waals surface area (Å²) >= 11 is 0. The van der Waals surface area contributed by atoms with Gasteiger partial charge in [-0.05, 0) is 12.1 Å². The molecule has 4 nitrogen and oxygen atoms in total. The van der Waals surface area contributed by atoms with Gasteiger partial charge < -0.3 is 9.30 Å². The van der Waals surface area contributed by atoms with Crippen LogP contribution in [-0.2, 0) is 18.3 Å². The lowest BCUT2D eigenvalue weighted by molar-refractivity contribution is 0.0928. The predicted molar refractivity (Wildman–Crippen MR) is 69.0 cm³/mol. The largest absolute Gasteiger partial charge is 0.383 e. The molecule has 1 aromatic rings. The van der Waals surface area contributed by atoms with E-state index in [1.165, 1.54) is 5.69 Å². The number of aryl methyl sites for hydroxylation is 1. The molecule has 1 fully saturated rings. The number of aromatic nitrogens is 1. The number of ether oxygens (including phenoxy) is 1. The molecule has 0 N–H and O–H groups in total. The molecule has 0 unspecified atom stereocenters. The Morgan fingerprint density at radius 3 is 2.47 bits per heavy atom. The molecule has 4 heteroatoms. The van der Waals surface area contributed by atoms with E-state index in [-0.39, 0.29) is 0 Å². The summed E-state index contributed by atoms with van der Waals surface area (Å²) in [6, 6.07) is 4.32. The summed E-state index contributed by atoms with van der Waals surface area (Å²) in [5, 5.41) is 0. The third kappa shape index (κ3) is 3.56. The molecular weight excluding hydrogens is 214 g/mol. The molecule has 1 saturated heterocycles. The third-order valence-corrected chi connectivity index (χ3v) is 3.51. The molecule has 1 aliphatic heterocycles. The molecule has 2 rings (SSSR count). The summed E-state index contributed by atoms with van der Waals surface area (Å²) in [5.41, 5.74) is 1.40. The van der Waals surface area contributed by atoms with Gasteiger partial charge in [-0.3, -0.25) is 9.80 Å². The number of piperazine rings is 1. The highest BCUT2D eigenvalue weighted by atomic mass is 16.5. The van der Waals surface area contributed by atoms with E-state index in [2.05, 4.69) is 39.7 Å². The molecule has 0 bridgehead atoms. The normalized spacial score (nSPS) is 18.7. The van der Waals surface area contributed by atoms with Crippen LogP contribution in [0.4, 0.5) is 0 Å². The Balaban J connectivity index is 1.74. The van der Waals surface area contributed by atoms with Gasteiger partial charge in [0, 0.05) is 65.3 Å². The molecular formula is C13H23N3O. The summed E-state index contributed by atoms with van der Waals surface area (Å²) in [6.45, 7) is 7.62. The van der Waals surface area contributed by atoms with Gasteiger partial charge >= 0.3 is 0 Å². The van der Waals surface area contributed by atoms with E-state index >= 15 is 0 Å². The minimum absolute atomic E-state index is 0.845. The predicted octanol–water partition coefficient (Wildman–Crippen LogP) is 0.789. The van der Waals surface area contributed by atoms with Crippen LogP contribution in [0.5, 0.6) is 0 Å². The fourth-order valence-corrected chi connectivity index (χ4v) is 2.28. The maximum Gasteiger partial charge on any atom is 0.0589 e. The van der Waals surface area contributed by atoms with Gasteiger partial charge in [0.15, 0.2) is 0 Å². The van der Waals surface area contributed by atoms with Crippen LogP contribution in [-0.4, -0.2) is 60.8 Å². The molecule has 0 aliphatic carbocycles. The molecule has 0 saturated carbocycles. The zero-order valence-electron chi connectivity index (χ0n) is 10.9. The smallest absolute Gasteiger partial charge is 0.0589 e. The minimum atomic E-state index is 0.845. The second-order valence-electron chi connectivity index (χ2n) is 4.72. The van der Waals surface area contributed by atoms with Crippen molar-refractivity contribution in [2.24, 2.45) is 7.05 Å². The number of rotatable bonds is 5. The quantitative estimate of drug-likeness (QED) is 0.755. The summed E-state index contributed by atoms with van der Waals surface area (Å²) in [6.07, 6.45) is 2.12. The van der Waals surface area contributed by atoms with Crippen LogP contribution in [0.25, 0.3) is 0 Å². The van der Waals surface area contributed by atoms with Gasteiger partial charge in [0.25, 0.3) is 0 Å². The lowest BCUT2D eigenvalue weighted by Gasteiger charge is -2.34. The van der Waals surface area contributed by atoms with Crippen LogP contribution in [0.3, 0.4) is 0 Å². The topological polar surface area (TPSA) is 20.6 Å². The molecule has 0 radical (unpaired) electrons. The van der Waals surface area contributed by atoms with E-state index in [1.807, 2.05) is 0 Å². The molecule has 96 valence electrons.